The molecule has 0 bridgehead atoms. The van der Waals surface area contributed by atoms with Gasteiger partial charge in [-0.1, -0.05) is 26.2 Å². The average molecular weight is 241 g/mol. The highest BCUT2D eigenvalue weighted by molar-refractivity contribution is 5.68. The number of likely N-dealkylation sites (tertiary alicyclic amines) is 1. The molecule has 0 aromatic carbocycles. The first kappa shape index (κ1) is 14.3. The van der Waals surface area contributed by atoms with E-state index in [0.717, 1.165) is 25.8 Å². The molecular formula is C14H27NO2. The zero-order valence-corrected chi connectivity index (χ0v) is 11.8. The van der Waals surface area contributed by atoms with Gasteiger partial charge in [0.2, 0.25) is 0 Å². The van der Waals surface area contributed by atoms with Crippen LogP contribution in [0.3, 0.4) is 0 Å². The average Bonchev–Trinajstić information content (AvgIpc) is 2.64. The Morgan fingerprint density at radius 1 is 1.35 bits per heavy atom. The minimum Gasteiger partial charge on any atom is -0.444 e. The van der Waals surface area contributed by atoms with Crippen LogP contribution in [0.1, 0.15) is 66.2 Å². The number of ether oxygens (including phenoxy) is 1. The van der Waals surface area contributed by atoms with E-state index < -0.39 is 0 Å². The van der Waals surface area contributed by atoms with Gasteiger partial charge in [-0.15, -0.1) is 0 Å². The third-order valence-electron chi connectivity index (χ3n) is 3.15. The van der Waals surface area contributed by atoms with Crippen LogP contribution in [0.15, 0.2) is 0 Å². The minimum atomic E-state index is -0.381. The number of nitrogens with zero attached hydrogens (tertiary/aromatic N) is 1. The van der Waals surface area contributed by atoms with E-state index in [-0.39, 0.29) is 11.7 Å². The zero-order chi connectivity index (χ0) is 12.9. The van der Waals surface area contributed by atoms with Crippen molar-refractivity contribution in [2.24, 2.45) is 0 Å². The van der Waals surface area contributed by atoms with E-state index in [0.29, 0.717) is 6.04 Å². The highest BCUT2D eigenvalue weighted by Gasteiger charge is 2.31. The van der Waals surface area contributed by atoms with Gasteiger partial charge >= 0.3 is 6.09 Å². The molecule has 1 heterocycles. The number of unbranched alkanes of at least 4 members (excludes halogenated alkanes) is 2. The summed E-state index contributed by atoms with van der Waals surface area (Å²) in [7, 11) is 0. The molecule has 3 nitrogen and oxygen atoms in total. The fraction of sp³-hybridized carbons (Fsp3) is 0.929. The Hall–Kier alpha value is -0.730. The molecule has 0 saturated carbocycles. The molecule has 0 N–H and O–H groups in total. The maximum absolute atomic E-state index is 12.0. The van der Waals surface area contributed by atoms with Gasteiger partial charge in [0.05, 0.1) is 0 Å². The van der Waals surface area contributed by atoms with Crippen molar-refractivity contribution < 1.29 is 9.53 Å². The van der Waals surface area contributed by atoms with Crippen LogP contribution in [-0.2, 0) is 4.74 Å². The van der Waals surface area contributed by atoms with E-state index in [2.05, 4.69) is 6.92 Å². The fourth-order valence-corrected chi connectivity index (χ4v) is 2.33. The van der Waals surface area contributed by atoms with Crippen molar-refractivity contribution in [2.45, 2.75) is 77.9 Å². The van der Waals surface area contributed by atoms with Crippen LogP contribution in [0.4, 0.5) is 4.79 Å². The van der Waals surface area contributed by atoms with Gasteiger partial charge in [-0.2, -0.15) is 0 Å². The number of carbonyl (C=O) groups excluding carboxylic acids is 1. The molecule has 0 unspecified atom stereocenters. The summed E-state index contributed by atoms with van der Waals surface area (Å²) in [6, 6.07) is 0.413. The number of amides is 1. The van der Waals surface area contributed by atoms with E-state index >= 15 is 0 Å². The van der Waals surface area contributed by atoms with Crippen molar-refractivity contribution >= 4 is 6.09 Å². The van der Waals surface area contributed by atoms with Gasteiger partial charge in [-0.3, -0.25) is 0 Å². The molecule has 100 valence electrons. The smallest absolute Gasteiger partial charge is 0.410 e. The summed E-state index contributed by atoms with van der Waals surface area (Å²) in [5.41, 5.74) is -0.381. The molecule has 0 radical (unpaired) electrons. The second-order valence-electron chi connectivity index (χ2n) is 5.97. The van der Waals surface area contributed by atoms with Crippen LogP contribution < -0.4 is 0 Å². The Morgan fingerprint density at radius 3 is 2.65 bits per heavy atom. The Balaban J connectivity index is 2.42. The molecule has 1 atom stereocenters. The standard InChI is InChI=1S/C14H27NO2/c1-5-6-7-9-12-10-8-11-15(12)13(16)17-14(2,3)4/h12H,5-11H2,1-4H3/t12-/m0/s1. The van der Waals surface area contributed by atoms with Crippen molar-refractivity contribution in [1.29, 1.82) is 0 Å². The summed E-state index contributed by atoms with van der Waals surface area (Å²) >= 11 is 0. The van der Waals surface area contributed by atoms with Crippen molar-refractivity contribution in [1.82, 2.24) is 4.90 Å². The van der Waals surface area contributed by atoms with Gasteiger partial charge < -0.3 is 9.64 Å². The summed E-state index contributed by atoms with van der Waals surface area (Å²) in [5, 5.41) is 0. The topological polar surface area (TPSA) is 29.5 Å². The number of hydrogen-bond acceptors (Lipinski definition) is 2. The second kappa shape index (κ2) is 6.27. The van der Waals surface area contributed by atoms with Crippen LogP contribution in [0.5, 0.6) is 0 Å². The largest absolute Gasteiger partial charge is 0.444 e. The minimum absolute atomic E-state index is 0.128. The summed E-state index contributed by atoms with van der Waals surface area (Å²) in [6.07, 6.45) is 6.99. The van der Waals surface area contributed by atoms with Gasteiger partial charge in [-0.25, -0.2) is 4.79 Å². The Labute approximate surface area is 106 Å². The van der Waals surface area contributed by atoms with Crippen molar-refractivity contribution in [2.75, 3.05) is 6.54 Å². The van der Waals surface area contributed by atoms with Gasteiger partial charge in [0.25, 0.3) is 0 Å². The summed E-state index contributed by atoms with van der Waals surface area (Å²) < 4.78 is 5.45. The van der Waals surface area contributed by atoms with Gasteiger partial charge in [-0.05, 0) is 40.0 Å². The number of hydrogen-bond donors (Lipinski definition) is 0. The van der Waals surface area contributed by atoms with Crippen LogP contribution in [-0.4, -0.2) is 29.2 Å². The van der Waals surface area contributed by atoms with Crippen molar-refractivity contribution in [3.63, 3.8) is 0 Å². The quantitative estimate of drug-likeness (QED) is 0.697. The molecule has 3 heteroatoms. The maximum Gasteiger partial charge on any atom is 0.410 e. The normalized spacial score (nSPS) is 20.7. The molecule has 0 spiro atoms. The predicted octanol–water partition coefficient (Wildman–Crippen LogP) is 3.97. The summed E-state index contributed by atoms with van der Waals surface area (Å²) in [5.74, 6) is 0. The lowest BCUT2D eigenvalue weighted by Crippen LogP contribution is -2.39. The predicted molar refractivity (Wildman–Crippen MR) is 70.1 cm³/mol. The van der Waals surface area contributed by atoms with E-state index in [1.165, 1.54) is 19.3 Å². The number of rotatable bonds is 4. The summed E-state index contributed by atoms with van der Waals surface area (Å²) in [4.78, 5) is 13.9. The second-order valence-corrected chi connectivity index (χ2v) is 5.97. The van der Waals surface area contributed by atoms with E-state index in [1.807, 2.05) is 25.7 Å². The summed E-state index contributed by atoms with van der Waals surface area (Å²) in [6.45, 7) is 8.85. The molecule has 17 heavy (non-hydrogen) atoms. The molecule has 0 aromatic heterocycles. The number of carbonyl (C=O) groups is 1. The molecule has 1 saturated heterocycles. The molecule has 0 aliphatic carbocycles. The lowest BCUT2D eigenvalue weighted by atomic mass is 10.1. The SMILES string of the molecule is CCCCC[C@H]1CCCN1C(=O)OC(C)(C)C. The monoisotopic (exact) mass is 241 g/mol. The molecule has 1 fully saturated rings. The lowest BCUT2D eigenvalue weighted by molar-refractivity contribution is 0.0219. The van der Waals surface area contributed by atoms with Gasteiger partial charge in [0.15, 0.2) is 0 Å². The first-order valence-corrected chi connectivity index (χ1v) is 6.93. The van der Waals surface area contributed by atoms with Gasteiger partial charge in [0.1, 0.15) is 5.60 Å². The Morgan fingerprint density at radius 2 is 2.06 bits per heavy atom. The maximum atomic E-state index is 12.0. The van der Waals surface area contributed by atoms with E-state index in [1.54, 1.807) is 0 Å². The van der Waals surface area contributed by atoms with E-state index in [9.17, 15) is 4.79 Å². The van der Waals surface area contributed by atoms with E-state index in [4.69, 9.17) is 4.74 Å². The first-order chi connectivity index (χ1) is 7.94. The van der Waals surface area contributed by atoms with Crippen LogP contribution in [0, 0.1) is 0 Å². The molecule has 1 rings (SSSR count). The van der Waals surface area contributed by atoms with Gasteiger partial charge in [0, 0.05) is 12.6 Å². The lowest BCUT2D eigenvalue weighted by Gasteiger charge is -2.28. The Bertz CT molecular complexity index is 245. The molecule has 1 aliphatic heterocycles. The third-order valence-corrected chi connectivity index (χ3v) is 3.15. The first-order valence-electron chi connectivity index (χ1n) is 6.93. The Kier molecular flexibility index (Phi) is 5.29. The molecular weight excluding hydrogens is 214 g/mol. The molecule has 1 aliphatic rings. The van der Waals surface area contributed by atoms with Crippen molar-refractivity contribution in [3.8, 4) is 0 Å². The fourth-order valence-electron chi connectivity index (χ4n) is 2.33. The zero-order valence-electron chi connectivity index (χ0n) is 11.8. The molecule has 0 aromatic rings. The highest BCUT2D eigenvalue weighted by Crippen LogP contribution is 2.24. The van der Waals surface area contributed by atoms with Crippen LogP contribution in [0.25, 0.3) is 0 Å². The highest BCUT2D eigenvalue weighted by atomic mass is 16.6. The third kappa shape index (κ3) is 4.97. The van der Waals surface area contributed by atoms with Crippen molar-refractivity contribution in [3.05, 3.63) is 0 Å². The molecule has 1 amide bonds. The van der Waals surface area contributed by atoms with Crippen LogP contribution >= 0.6 is 0 Å². The van der Waals surface area contributed by atoms with Crippen LogP contribution in [0.2, 0.25) is 0 Å².